The summed E-state index contributed by atoms with van der Waals surface area (Å²) < 4.78 is 16.5. The summed E-state index contributed by atoms with van der Waals surface area (Å²) in [6.07, 6.45) is -0.778. The van der Waals surface area contributed by atoms with Crippen molar-refractivity contribution in [2.24, 2.45) is 0 Å². The molecule has 0 bridgehead atoms. The Morgan fingerprint density at radius 3 is 2.70 bits per heavy atom. The molecule has 0 radical (unpaired) electrons. The summed E-state index contributed by atoms with van der Waals surface area (Å²) in [5, 5.41) is 2.95. The largest absolute Gasteiger partial charge is 0.477 e. The first-order valence-electron chi connectivity index (χ1n) is 8.76. The topological polar surface area (TPSA) is 77.1 Å². The van der Waals surface area contributed by atoms with Crippen LogP contribution in [0.5, 0.6) is 17.2 Å². The van der Waals surface area contributed by atoms with Crippen LogP contribution in [0.3, 0.4) is 0 Å². The first kappa shape index (κ1) is 17.2. The van der Waals surface area contributed by atoms with Gasteiger partial charge in [-0.3, -0.25) is 9.59 Å². The number of amides is 2. The number of nitrogens with zero attached hydrogens (tertiary/aromatic N) is 1. The van der Waals surface area contributed by atoms with Crippen molar-refractivity contribution in [3.8, 4) is 17.2 Å². The van der Waals surface area contributed by atoms with E-state index in [0.29, 0.717) is 22.9 Å². The van der Waals surface area contributed by atoms with Crippen molar-refractivity contribution in [3.63, 3.8) is 0 Å². The number of carbonyl (C=O) groups excluding carboxylic acids is 2. The predicted octanol–water partition coefficient (Wildman–Crippen LogP) is 2.41. The molecule has 2 amide bonds. The summed E-state index contributed by atoms with van der Waals surface area (Å²) in [4.78, 5) is 26.3. The van der Waals surface area contributed by atoms with Crippen LogP contribution < -0.4 is 24.4 Å². The summed E-state index contributed by atoms with van der Waals surface area (Å²) in [5.74, 6) is 1.48. The number of carbonyl (C=O) groups is 2. The zero-order valence-corrected chi connectivity index (χ0v) is 15.1. The number of hydrogen-bond acceptors (Lipinski definition) is 5. The van der Waals surface area contributed by atoms with E-state index in [1.165, 1.54) is 6.92 Å². The molecule has 140 valence electrons. The van der Waals surface area contributed by atoms with Crippen LogP contribution in [0.25, 0.3) is 0 Å². The van der Waals surface area contributed by atoms with Crippen LogP contribution in [0.4, 0.5) is 5.69 Å². The van der Waals surface area contributed by atoms with Gasteiger partial charge in [0.05, 0.1) is 18.3 Å². The monoisotopic (exact) mass is 368 g/mol. The summed E-state index contributed by atoms with van der Waals surface area (Å²) >= 11 is 0. The number of nitrogens with one attached hydrogen (secondary N) is 1. The highest BCUT2D eigenvalue weighted by Gasteiger charge is 2.33. The third-order valence-electron chi connectivity index (χ3n) is 4.70. The fourth-order valence-electron chi connectivity index (χ4n) is 3.24. The second-order valence-electron chi connectivity index (χ2n) is 6.55. The Morgan fingerprint density at radius 2 is 1.89 bits per heavy atom. The third kappa shape index (κ3) is 3.28. The van der Waals surface area contributed by atoms with Crippen LogP contribution in [-0.2, 0) is 9.59 Å². The molecule has 2 heterocycles. The molecule has 4 rings (SSSR count). The second kappa shape index (κ2) is 6.83. The van der Waals surface area contributed by atoms with Crippen molar-refractivity contribution in [1.29, 1.82) is 0 Å². The molecule has 2 aliphatic rings. The van der Waals surface area contributed by atoms with E-state index in [1.54, 1.807) is 17.0 Å². The lowest BCUT2D eigenvalue weighted by molar-refractivity contribution is -0.129. The molecule has 27 heavy (non-hydrogen) atoms. The lowest BCUT2D eigenvalue weighted by atomic mass is 10.1. The Morgan fingerprint density at radius 1 is 1.11 bits per heavy atom. The van der Waals surface area contributed by atoms with Gasteiger partial charge in [-0.15, -0.1) is 0 Å². The Bertz CT molecular complexity index is 898. The molecule has 7 heteroatoms. The molecule has 0 saturated heterocycles. The first-order valence-corrected chi connectivity index (χ1v) is 8.76. The lowest BCUT2D eigenvalue weighted by Gasteiger charge is -2.34. The van der Waals surface area contributed by atoms with Crippen LogP contribution >= 0.6 is 0 Å². The van der Waals surface area contributed by atoms with Crippen LogP contribution in [0.15, 0.2) is 42.5 Å². The zero-order chi connectivity index (χ0) is 19.0. The normalized spacial score (nSPS) is 18.3. The van der Waals surface area contributed by atoms with Gasteiger partial charge in [0.15, 0.2) is 17.6 Å². The molecule has 2 aromatic carbocycles. The second-order valence-corrected chi connectivity index (χ2v) is 6.55. The smallest absolute Gasteiger partial charge is 0.263 e. The number of para-hydroxylation sites is 2. The minimum absolute atomic E-state index is 0.132. The van der Waals surface area contributed by atoms with E-state index in [-0.39, 0.29) is 31.2 Å². The fourth-order valence-corrected chi connectivity index (χ4v) is 3.24. The SMILES string of the molecule is CC(=O)N1C[C@H](C(=O)N[C@@H](C)c2ccc3c(c2)OCO3)Oc2ccccc21. The molecule has 0 fully saturated rings. The third-order valence-corrected chi connectivity index (χ3v) is 4.70. The Hall–Kier alpha value is -3.22. The maximum Gasteiger partial charge on any atom is 0.263 e. The summed E-state index contributed by atoms with van der Waals surface area (Å²) in [5.41, 5.74) is 1.57. The number of benzene rings is 2. The van der Waals surface area contributed by atoms with Crippen LogP contribution in [0.2, 0.25) is 0 Å². The summed E-state index contributed by atoms with van der Waals surface area (Å²) in [6.45, 7) is 3.74. The quantitative estimate of drug-likeness (QED) is 0.900. The average Bonchev–Trinajstić information content (AvgIpc) is 3.14. The van der Waals surface area contributed by atoms with Gasteiger partial charge in [0.2, 0.25) is 12.7 Å². The molecule has 0 spiro atoms. The van der Waals surface area contributed by atoms with E-state index in [2.05, 4.69) is 5.32 Å². The van der Waals surface area contributed by atoms with Crippen molar-refractivity contribution in [3.05, 3.63) is 48.0 Å². The molecule has 0 saturated carbocycles. The van der Waals surface area contributed by atoms with Crippen molar-refractivity contribution < 1.29 is 23.8 Å². The van der Waals surface area contributed by atoms with E-state index >= 15 is 0 Å². The fraction of sp³-hybridized carbons (Fsp3) is 0.300. The highest BCUT2D eigenvalue weighted by atomic mass is 16.7. The predicted molar refractivity (Wildman–Crippen MR) is 98.0 cm³/mol. The van der Waals surface area contributed by atoms with Gasteiger partial charge in [-0.25, -0.2) is 0 Å². The Labute approximate surface area is 156 Å². The molecule has 7 nitrogen and oxygen atoms in total. The number of ether oxygens (including phenoxy) is 3. The molecular weight excluding hydrogens is 348 g/mol. The van der Waals surface area contributed by atoms with Crippen molar-refractivity contribution in [2.45, 2.75) is 26.0 Å². The lowest BCUT2D eigenvalue weighted by Crippen LogP contribution is -2.50. The van der Waals surface area contributed by atoms with Gasteiger partial charge in [0.25, 0.3) is 5.91 Å². The Kier molecular flexibility index (Phi) is 4.35. The molecule has 0 aliphatic carbocycles. The van der Waals surface area contributed by atoms with E-state index in [0.717, 1.165) is 5.56 Å². The van der Waals surface area contributed by atoms with Crippen molar-refractivity contribution in [2.75, 3.05) is 18.2 Å². The first-order chi connectivity index (χ1) is 13.0. The molecule has 2 aliphatic heterocycles. The van der Waals surface area contributed by atoms with Gasteiger partial charge in [-0.1, -0.05) is 18.2 Å². The average molecular weight is 368 g/mol. The Balaban J connectivity index is 1.49. The number of rotatable bonds is 3. The molecular formula is C20H20N2O5. The standard InChI is InChI=1S/C20H20N2O5/c1-12(14-7-8-17-18(9-14)26-11-25-17)21-20(24)19-10-22(13(2)23)15-5-3-4-6-16(15)27-19/h3-9,12,19H,10-11H2,1-2H3,(H,21,24)/t12-,19+/m0/s1. The van der Waals surface area contributed by atoms with Gasteiger partial charge >= 0.3 is 0 Å². The molecule has 2 atom stereocenters. The van der Waals surface area contributed by atoms with E-state index in [9.17, 15) is 9.59 Å². The number of fused-ring (bicyclic) bond motifs is 2. The van der Waals surface area contributed by atoms with Gasteiger partial charge in [-0.2, -0.15) is 0 Å². The van der Waals surface area contributed by atoms with Gasteiger partial charge < -0.3 is 24.4 Å². The van der Waals surface area contributed by atoms with Crippen molar-refractivity contribution in [1.82, 2.24) is 5.32 Å². The summed E-state index contributed by atoms with van der Waals surface area (Å²) in [7, 11) is 0. The summed E-state index contributed by atoms with van der Waals surface area (Å²) in [6, 6.07) is 12.5. The minimum Gasteiger partial charge on any atom is -0.477 e. The van der Waals surface area contributed by atoms with E-state index in [1.807, 2.05) is 37.3 Å². The van der Waals surface area contributed by atoms with Crippen LogP contribution in [0.1, 0.15) is 25.5 Å². The zero-order valence-electron chi connectivity index (χ0n) is 15.1. The molecule has 0 unspecified atom stereocenters. The minimum atomic E-state index is -0.778. The highest BCUT2D eigenvalue weighted by molar-refractivity contribution is 5.95. The maximum absolute atomic E-state index is 12.8. The van der Waals surface area contributed by atoms with Gasteiger partial charge in [0, 0.05) is 6.92 Å². The maximum atomic E-state index is 12.8. The van der Waals surface area contributed by atoms with Crippen molar-refractivity contribution >= 4 is 17.5 Å². The molecule has 1 N–H and O–H groups in total. The number of hydrogen-bond donors (Lipinski definition) is 1. The number of anilines is 1. The molecule has 0 aromatic heterocycles. The van der Waals surface area contributed by atoms with Gasteiger partial charge in [-0.05, 0) is 36.8 Å². The van der Waals surface area contributed by atoms with Gasteiger partial charge in [0.1, 0.15) is 5.75 Å². The van der Waals surface area contributed by atoms with Crippen LogP contribution in [0, 0.1) is 0 Å². The van der Waals surface area contributed by atoms with E-state index in [4.69, 9.17) is 14.2 Å². The highest BCUT2D eigenvalue weighted by Crippen LogP contribution is 2.35. The van der Waals surface area contributed by atoms with Crippen LogP contribution in [-0.4, -0.2) is 31.3 Å². The van der Waals surface area contributed by atoms with E-state index < -0.39 is 6.10 Å². The molecule has 2 aromatic rings.